The third-order valence-corrected chi connectivity index (χ3v) is 5.50. The number of fused-ring (bicyclic) bond motifs is 3. The van der Waals surface area contributed by atoms with Gasteiger partial charge in [-0.1, -0.05) is 36.4 Å². The van der Waals surface area contributed by atoms with E-state index in [1.165, 1.54) is 11.1 Å². The monoisotopic (exact) mass is 377 g/mol. The molecule has 0 fully saturated rings. The first-order chi connectivity index (χ1) is 13.6. The highest BCUT2D eigenvalue weighted by Crippen LogP contribution is 2.50. The standard InChI is InChI=1S/C24H27NO3/c1-4-27-24(26)21-10-6-9-20-18-7-5-8-19(18)22(25-23(20)21)16-11-13-17(14-12-16)28-15(2)3/h5-7,9-15,18-19,22,25H,4,8H2,1-3H3/t18-,19+,22+/m1/s1. The smallest absolute Gasteiger partial charge is 0.340 e. The van der Waals surface area contributed by atoms with Gasteiger partial charge in [0.05, 0.1) is 30.0 Å². The molecule has 4 heteroatoms. The normalized spacial score (nSPS) is 22.4. The number of hydrogen-bond donors (Lipinski definition) is 1. The number of carbonyl (C=O) groups is 1. The zero-order valence-corrected chi connectivity index (χ0v) is 16.6. The van der Waals surface area contributed by atoms with Crippen molar-refractivity contribution in [2.45, 2.75) is 45.3 Å². The Labute approximate surface area is 166 Å². The van der Waals surface area contributed by atoms with Crippen LogP contribution in [0.15, 0.2) is 54.6 Å². The molecule has 4 rings (SSSR count). The van der Waals surface area contributed by atoms with Gasteiger partial charge in [0, 0.05) is 5.92 Å². The first-order valence-corrected chi connectivity index (χ1v) is 10.1. The fourth-order valence-electron chi connectivity index (χ4n) is 4.36. The maximum Gasteiger partial charge on any atom is 0.340 e. The van der Waals surface area contributed by atoms with E-state index in [1.54, 1.807) is 0 Å². The lowest BCUT2D eigenvalue weighted by atomic mass is 9.76. The fraction of sp³-hybridized carbons (Fsp3) is 0.375. The van der Waals surface area contributed by atoms with Crippen molar-refractivity contribution in [3.05, 3.63) is 71.3 Å². The largest absolute Gasteiger partial charge is 0.491 e. The van der Waals surface area contributed by atoms with Crippen LogP contribution in [0.4, 0.5) is 5.69 Å². The van der Waals surface area contributed by atoms with Crippen LogP contribution in [0.1, 0.15) is 60.6 Å². The Kier molecular flexibility index (Phi) is 5.12. The minimum atomic E-state index is -0.272. The summed E-state index contributed by atoms with van der Waals surface area (Å²) < 4.78 is 11.1. The third-order valence-electron chi connectivity index (χ3n) is 5.50. The van der Waals surface area contributed by atoms with Crippen molar-refractivity contribution in [2.75, 3.05) is 11.9 Å². The molecule has 28 heavy (non-hydrogen) atoms. The Morgan fingerprint density at radius 3 is 2.68 bits per heavy atom. The summed E-state index contributed by atoms with van der Waals surface area (Å²) in [4.78, 5) is 12.5. The molecule has 0 spiro atoms. The summed E-state index contributed by atoms with van der Waals surface area (Å²) in [5, 5.41) is 3.67. The van der Waals surface area contributed by atoms with E-state index < -0.39 is 0 Å². The Bertz CT molecular complexity index is 885. The SMILES string of the molecule is CCOC(=O)c1cccc2c1N[C@@H](c1ccc(OC(C)C)cc1)[C@H]1CC=C[C@@H]21. The van der Waals surface area contributed by atoms with Crippen LogP contribution < -0.4 is 10.1 Å². The molecular formula is C24H27NO3. The Morgan fingerprint density at radius 1 is 1.18 bits per heavy atom. The second kappa shape index (κ2) is 7.70. The topological polar surface area (TPSA) is 47.6 Å². The average Bonchev–Trinajstić information content (AvgIpc) is 3.17. The van der Waals surface area contributed by atoms with E-state index in [2.05, 4.69) is 35.7 Å². The molecule has 1 aliphatic heterocycles. The van der Waals surface area contributed by atoms with Crippen LogP contribution in [0.25, 0.3) is 0 Å². The van der Waals surface area contributed by atoms with Gasteiger partial charge in [-0.05, 0) is 62.4 Å². The van der Waals surface area contributed by atoms with E-state index in [-0.39, 0.29) is 18.1 Å². The van der Waals surface area contributed by atoms with Crippen molar-refractivity contribution in [1.29, 1.82) is 0 Å². The van der Waals surface area contributed by atoms with E-state index in [0.29, 0.717) is 24.0 Å². The van der Waals surface area contributed by atoms with E-state index in [9.17, 15) is 4.79 Å². The van der Waals surface area contributed by atoms with E-state index in [4.69, 9.17) is 9.47 Å². The molecule has 2 aromatic rings. The van der Waals surface area contributed by atoms with Gasteiger partial charge in [-0.15, -0.1) is 0 Å². The fourth-order valence-corrected chi connectivity index (χ4v) is 4.36. The average molecular weight is 377 g/mol. The minimum Gasteiger partial charge on any atom is -0.491 e. The molecule has 1 N–H and O–H groups in total. The molecule has 4 nitrogen and oxygen atoms in total. The van der Waals surface area contributed by atoms with E-state index >= 15 is 0 Å². The lowest BCUT2D eigenvalue weighted by Crippen LogP contribution is -2.30. The van der Waals surface area contributed by atoms with Crippen molar-refractivity contribution < 1.29 is 14.3 Å². The van der Waals surface area contributed by atoms with Crippen LogP contribution in [0.3, 0.4) is 0 Å². The highest BCUT2D eigenvalue weighted by atomic mass is 16.5. The van der Waals surface area contributed by atoms with Crippen molar-refractivity contribution in [2.24, 2.45) is 5.92 Å². The molecule has 1 aliphatic carbocycles. The van der Waals surface area contributed by atoms with Gasteiger partial charge >= 0.3 is 5.97 Å². The summed E-state index contributed by atoms with van der Waals surface area (Å²) in [5.74, 6) is 1.35. The molecule has 0 unspecified atom stereocenters. The van der Waals surface area contributed by atoms with Gasteiger partial charge in [0.1, 0.15) is 5.75 Å². The molecule has 146 valence electrons. The summed E-state index contributed by atoms with van der Waals surface area (Å²) in [7, 11) is 0. The Balaban J connectivity index is 1.70. The van der Waals surface area contributed by atoms with Crippen LogP contribution in [0.5, 0.6) is 5.75 Å². The predicted molar refractivity (Wildman–Crippen MR) is 111 cm³/mol. The summed E-state index contributed by atoms with van der Waals surface area (Å²) in [6.45, 7) is 6.26. The van der Waals surface area contributed by atoms with E-state index in [1.807, 2.05) is 45.0 Å². The summed E-state index contributed by atoms with van der Waals surface area (Å²) in [6.07, 6.45) is 5.71. The van der Waals surface area contributed by atoms with Crippen LogP contribution in [-0.2, 0) is 4.74 Å². The number of hydrogen-bond acceptors (Lipinski definition) is 4. The summed E-state index contributed by atoms with van der Waals surface area (Å²) in [6, 6.07) is 14.4. The third kappa shape index (κ3) is 3.39. The number of carbonyl (C=O) groups excluding carboxylic acids is 1. The molecule has 0 amide bonds. The van der Waals surface area contributed by atoms with Crippen LogP contribution in [0, 0.1) is 5.92 Å². The lowest BCUT2D eigenvalue weighted by Gasteiger charge is -2.38. The molecule has 0 saturated heterocycles. The molecular weight excluding hydrogens is 350 g/mol. The molecule has 2 aliphatic rings. The molecule has 3 atom stereocenters. The maximum atomic E-state index is 12.5. The van der Waals surface area contributed by atoms with Gasteiger partial charge in [-0.25, -0.2) is 4.79 Å². The number of esters is 1. The molecule has 0 aromatic heterocycles. The van der Waals surface area contributed by atoms with Crippen LogP contribution in [0.2, 0.25) is 0 Å². The zero-order chi connectivity index (χ0) is 19.7. The quantitative estimate of drug-likeness (QED) is 0.554. The number of anilines is 1. The molecule has 0 radical (unpaired) electrons. The number of rotatable bonds is 5. The second-order valence-electron chi connectivity index (χ2n) is 7.70. The van der Waals surface area contributed by atoms with Gasteiger partial charge in [-0.3, -0.25) is 0 Å². The predicted octanol–water partition coefficient (Wildman–Crippen LogP) is 5.48. The second-order valence-corrected chi connectivity index (χ2v) is 7.70. The highest BCUT2D eigenvalue weighted by molar-refractivity contribution is 5.97. The van der Waals surface area contributed by atoms with Gasteiger partial charge < -0.3 is 14.8 Å². The number of para-hydroxylation sites is 1. The zero-order valence-electron chi connectivity index (χ0n) is 16.6. The van der Waals surface area contributed by atoms with Gasteiger partial charge in [0.15, 0.2) is 0 Å². The first kappa shape index (κ1) is 18.6. The van der Waals surface area contributed by atoms with Gasteiger partial charge in [0.2, 0.25) is 0 Å². The van der Waals surface area contributed by atoms with Crippen molar-refractivity contribution >= 4 is 11.7 Å². The highest BCUT2D eigenvalue weighted by Gasteiger charge is 2.39. The van der Waals surface area contributed by atoms with Gasteiger partial charge in [0.25, 0.3) is 0 Å². The van der Waals surface area contributed by atoms with E-state index in [0.717, 1.165) is 17.9 Å². The Hall–Kier alpha value is -2.75. The Morgan fingerprint density at radius 2 is 1.96 bits per heavy atom. The number of ether oxygens (including phenoxy) is 2. The molecule has 2 aromatic carbocycles. The van der Waals surface area contributed by atoms with Crippen molar-refractivity contribution in [1.82, 2.24) is 0 Å². The summed E-state index contributed by atoms with van der Waals surface area (Å²) in [5.41, 5.74) is 3.91. The number of allylic oxidation sites excluding steroid dienone is 2. The van der Waals surface area contributed by atoms with Crippen LogP contribution >= 0.6 is 0 Å². The van der Waals surface area contributed by atoms with Crippen LogP contribution in [-0.4, -0.2) is 18.7 Å². The number of benzene rings is 2. The number of nitrogens with one attached hydrogen (secondary N) is 1. The molecule has 0 saturated carbocycles. The van der Waals surface area contributed by atoms with Gasteiger partial charge in [-0.2, -0.15) is 0 Å². The maximum absolute atomic E-state index is 12.5. The lowest BCUT2D eigenvalue weighted by molar-refractivity contribution is 0.0527. The summed E-state index contributed by atoms with van der Waals surface area (Å²) >= 11 is 0. The minimum absolute atomic E-state index is 0.135. The first-order valence-electron chi connectivity index (χ1n) is 10.1. The molecule has 1 heterocycles. The van der Waals surface area contributed by atoms with Crippen molar-refractivity contribution in [3.63, 3.8) is 0 Å². The van der Waals surface area contributed by atoms with Crippen molar-refractivity contribution in [3.8, 4) is 5.75 Å². The molecule has 0 bridgehead atoms.